The van der Waals surface area contributed by atoms with E-state index in [2.05, 4.69) is 11.6 Å². The second kappa shape index (κ2) is 7.12. The van der Waals surface area contributed by atoms with Crippen molar-refractivity contribution in [2.75, 3.05) is 12.8 Å². The SMILES string of the molecule is CSC1CCCC(NC(=O)CCCN)C1. The molecule has 4 heteroatoms. The van der Waals surface area contributed by atoms with Crippen LogP contribution >= 0.6 is 11.8 Å². The fraction of sp³-hybridized carbons (Fsp3) is 0.909. The molecule has 3 nitrogen and oxygen atoms in total. The Morgan fingerprint density at radius 1 is 1.53 bits per heavy atom. The van der Waals surface area contributed by atoms with E-state index in [-0.39, 0.29) is 5.91 Å². The van der Waals surface area contributed by atoms with Crippen LogP contribution in [0.25, 0.3) is 0 Å². The van der Waals surface area contributed by atoms with E-state index in [0.717, 1.165) is 24.5 Å². The second-order valence-corrected chi connectivity index (χ2v) is 5.32. The van der Waals surface area contributed by atoms with Gasteiger partial charge in [-0.05, 0) is 38.5 Å². The topological polar surface area (TPSA) is 55.1 Å². The first-order valence-corrected chi connectivity index (χ1v) is 7.07. The van der Waals surface area contributed by atoms with Crippen molar-refractivity contribution in [2.24, 2.45) is 5.73 Å². The highest BCUT2D eigenvalue weighted by molar-refractivity contribution is 7.99. The van der Waals surface area contributed by atoms with Gasteiger partial charge in [0, 0.05) is 17.7 Å². The average Bonchev–Trinajstić information content (AvgIpc) is 2.26. The molecular weight excluding hydrogens is 208 g/mol. The number of nitrogens with two attached hydrogens (primary N) is 1. The van der Waals surface area contributed by atoms with Gasteiger partial charge in [-0.3, -0.25) is 4.79 Å². The number of thioether (sulfide) groups is 1. The Morgan fingerprint density at radius 3 is 3.00 bits per heavy atom. The predicted octanol–water partition coefficient (Wildman–Crippen LogP) is 1.52. The Kier molecular flexibility index (Phi) is 6.10. The van der Waals surface area contributed by atoms with Crippen molar-refractivity contribution in [3.8, 4) is 0 Å². The standard InChI is InChI=1S/C11H22N2OS/c1-15-10-5-2-4-9(8-10)13-11(14)6-3-7-12/h9-10H,2-8,12H2,1H3,(H,13,14). The van der Waals surface area contributed by atoms with Gasteiger partial charge in [-0.1, -0.05) is 6.42 Å². The van der Waals surface area contributed by atoms with E-state index in [9.17, 15) is 4.79 Å². The summed E-state index contributed by atoms with van der Waals surface area (Å²) in [6, 6.07) is 0.404. The molecule has 0 saturated heterocycles. The van der Waals surface area contributed by atoms with Crippen molar-refractivity contribution < 1.29 is 4.79 Å². The van der Waals surface area contributed by atoms with Crippen LogP contribution in [0.4, 0.5) is 0 Å². The van der Waals surface area contributed by atoms with Gasteiger partial charge in [0.25, 0.3) is 0 Å². The van der Waals surface area contributed by atoms with E-state index in [1.165, 1.54) is 12.8 Å². The van der Waals surface area contributed by atoms with Crippen LogP contribution in [0.2, 0.25) is 0 Å². The second-order valence-electron chi connectivity index (χ2n) is 4.18. The van der Waals surface area contributed by atoms with Crippen molar-refractivity contribution >= 4 is 17.7 Å². The van der Waals surface area contributed by atoms with Gasteiger partial charge in [-0.15, -0.1) is 0 Å². The molecule has 15 heavy (non-hydrogen) atoms. The minimum atomic E-state index is 0.173. The molecule has 1 aliphatic carbocycles. The molecule has 1 rings (SSSR count). The van der Waals surface area contributed by atoms with Gasteiger partial charge in [-0.25, -0.2) is 0 Å². The van der Waals surface area contributed by atoms with E-state index in [4.69, 9.17) is 5.73 Å². The zero-order valence-electron chi connectivity index (χ0n) is 9.50. The highest BCUT2D eigenvalue weighted by atomic mass is 32.2. The fourth-order valence-electron chi connectivity index (χ4n) is 2.05. The smallest absolute Gasteiger partial charge is 0.220 e. The minimum absolute atomic E-state index is 0.173. The number of hydrogen-bond acceptors (Lipinski definition) is 3. The molecule has 0 aliphatic heterocycles. The molecule has 0 aromatic rings. The molecule has 88 valence electrons. The molecule has 1 fully saturated rings. The molecule has 0 bridgehead atoms. The lowest BCUT2D eigenvalue weighted by Gasteiger charge is -2.28. The van der Waals surface area contributed by atoms with E-state index >= 15 is 0 Å². The molecule has 0 heterocycles. The number of rotatable bonds is 5. The van der Waals surface area contributed by atoms with Gasteiger partial charge in [0.05, 0.1) is 0 Å². The maximum absolute atomic E-state index is 11.5. The third-order valence-corrected chi connectivity index (χ3v) is 4.03. The summed E-state index contributed by atoms with van der Waals surface area (Å²) in [4.78, 5) is 11.5. The molecule has 3 N–H and O–H groups in total. The zero-order valence-corrected chi connectivity index (χ0v) is 10.3. The number of carbonyl (C=O) groups is 1. The predicted molar refractivity (Wildman–Crippen MR) is 66.0 cm³/mol. The fourth-order valence-corrected chi connectivity index (χ4v) is 2.88. The molecule has 0 spiro atoms. The summed E-state index contributed by atoms with van der Waals surface area (Å²) in [5, 5.41) is 3.84. The molecule has 2 unspecified atom stereocenters. The normalized spacial score (nSPS) is 26.3. The van der Waals surface area contributed by atoms with Crippen molar-refractivity contribution in [1.82, 2.24) is 5.32 Å². The van der Waals surface area contributed by atoms with Crippen LogP contribution in [0.15, 0.2) is 0 Å². The minimum Gasteiger partial charge on any atom is -0.353 e. The monoisotopic (exact) mass is 230 g/mol. The first-order valence-electron chi connectivity index (χ1n) is 5.78. The zero-order chi connectivity index (χ0) is 11.1. The van der Waals surface area contributed by atoms with Crippen LogP contribution in [0.1, 0.15) is 38.5 Å². The van der Waals surface area contributed by atoms with E-state index in [1.807, 2.05) is 11.8 Å². The van der Waals surface area contributed by atoms with Gasteiger partial charge in [0.15, 0.2) is 0 Å². The number of hydrogen-bond donors (Lipinski definition) is 2. The highest BCUT2D eigenvalue weighted by Gasteiger charge is 2.22. The van der Waals surface area contributed by atoms with Crippen LogP contribution in [0.5, 0.6) is 0 Å². The third kappa shape index (κ3) is 4.89. The van der Waals surface area contributed by atoms with Crippen LogP contribution in [0, 0.1) is 0 Å². The Morgan fingerprint density at radius 2 is 2.33 bits per heavy atom. The Bertz CT molecular complexity index is 199. The molecule has 1 amide bonds. The summed E-state index contributed by atoms with van der Waals surface area (Å²) in [6.07, 6.45) is 8.36. The maximum Gasteiger partial charge on any atom is 0.220 e. The third-order valence-electron chi connectivity index (χ3n) is 2.93. The number of carbonyl (C=O) groups excluding carboxylic acids is 1. The molecule has 1 saturated carbocycles. The van der Waals surface area contributed by atoms with Gasteiger partial charge >= 0.3 is 0 Å². The highest BCUT2D eigenvalue weighted by Crippen LogP contribution is 2.26. The number of amides is 1. The molecule has 0 aromatic heterocycles. The summed E-state index contributed by atoms with van der Waals surface area (Å²) in [5.41, 5.74) is 5.37. The van der Waals surface area contributed by atoms with E-state index in [1.54, 1.807) is 0 Å². The molecule has 2 atom stereocenters. The molecule has 0 aromatic carbocycles. The Hall–Kier alpha value is -0.220. The molecule has 1 aliphatic rings. The summed E-state index contributed by atoms with van der Waals surface area (Å²) >= 11 is 1.92. The summed E-state index contributed by atoms with van der Waals surface area (Å²) < 4.78 is 0. The van der Waals surface area contributed by atoms with Gasteiger partial charge in [-0.2, -0.15) is 11.8 Å². The first kappa shape index (κ1) is 12.8. The lowest BCUT2D eigenvalue weighted by Crippen LogP contribution is -2.39. The Labute approximate surface area is 96.6 Å². The first-order chi connectivity index (χ1) is 7.26. The van der Waals surface area contributed by atoms with Crippen LogP contribution in [0.3, 0.4) is 0 Å². The summed E-state index contributed by atoms with van der Waals surface area (Å²) in [7, 11) is 0. The molecule has 0 radical (unpaired) electrons. The Balaban J connectivity index is 2.22. The van der Waals surface area contributed by atoms with Gasteiger partial charge < -0.3 is 11.1 Å². The van der Waals surface area contributed by atoms with Crippen LogP contribution in [-0.4, -0.2) is 30.0 Å². The van der Waals surface area contributed by atoms with Crippen molar-refractivity contribution in [1.29, 1.82) is 0 Å². The van der Waals surface area contributed by atoms with Gasteiger partial charge in [0.2, 0.25) is 5.91 Å². The number of nitrogens with one attached hydrogen (secondary N) is 1. The quantitative estimate of drug-likeness (QED) is 0.753. The summed E-state index contributed by atoms with van der Waals surface area (Å²) in [6.45, 7) is 0.603. The van der Waals surface area contributed by atoms with Crippen molar-refractivity contribution in [3.05, 3.63) is 0 Å². The largest absolute Gasteiger partial charge is 0.353 e. The van der Waals surface area contributed by atoms with Crippen LogP contribution < -0.4 is 11.1 Å². The summed E-state index contributed by atoms with van der Waals surface area (Å²) in [5.74, 6) is 0.173. The van der Waals surface area contributed by atoms with Crippen molar-refractivity contribution in [2.45, 2.75) is 49.8 Å². The van der Waals surface area contributed by atoms with Gasteiger partial charge in [0.1, 0.15) is 0 Å². The lowest BCUT2D eigenvalue weighted by atomic mass is 9.95. The lowest BCUT2D eigenvalue weighted by molar-refractivity contribution is -0.122. The molecular formula is C11H22N2OS. The maximum atomic E-state index is 11.5. The van der Waals surface area contributed by atoms with Crippen molar-refractivity contribution in [3.63, 3.8) is 0 Å². The van der Waals surface area contributed by atoms with Crippen LogP contribution in [-0.2, 0) is 4.79 Å². The van der Waals surface area contributed by atoms with E-state index in [0.29, 0.717) is 19.0 Å². The van der Waals surface area contributed by atoms with E-state index < -0.39 is 0 Å². The average molecular weight is 230 g/mol.